The average Bonchev–Trinajstić information content (AvgIpc) is 1.78. The van der Waals surface area contributed by atoms with Crippen molar-refractivity contribution in [2.24, 2.45) is 0 Å². The third-order valence-electron chi connectivity index (χ3n) is 1.32. The van der Waals surface area contributed by atoms with Crippen molar-refractivity contribution in [2.45, 2.75) is 13.3 Å². The number of rotatable bonds is 5. The van der Waals surface area contributed by atoms with Crippen LogP contribution in [0.5, 0.6) is 0 Å². The summed E-state index contributed by atoms with van der Waals surface area (Å²) in [6.07, 6.45) is 1.16. The second-order valence-corrected chi connectivity index (χ2v) is 3.56. The van der Waals surface area contributed by atoms with E-state index in [1.807, 2.05) is 6.92 Å². The summed E-state index contributed by atoms with van der Waals surface area (Å²) in [6.45, 7) is 4.98. The molecule has 0 N–H and O–H groups in total. The van der Waals surface area contributed by atoms with Crippen LogP contribution >= 0.6 is 0 Å². The topological polar surface area (TPSA) is 9.23 Å². The zero-order chi connectivity index (χ0) is 8.04. The van der Waals surface area contributed by atoms with Gasteiger partial charge in [-0.2, -0.15) is 0 Å². The van der Waals surface area contributed by atoms with Crippen LogP contribution in [-0.4, -0.2) is 45.4 Å². The van der Waals surface area contributed by atoms with E-state index >= 15 is 0 Å². The first-order chi connectivity index (χ1) is 4.56. The second kappa shape index (κ2) is 4.69. The van der Waals surface area contributed by atoms with Crippen molar-refractivity contribution in [2.75, 3.05) is 40.9 Å². The molecule has 10 heavy (non-hydrogen) atoms. The van der Waals surface area contributed by atoms with Crippen molar-refractivity contribution in [1.82, 2.24) is 0 Å². The van der Waals surface area contributed by atoms with E-state index in [1.54, 1.807) is 0 Å². The summed E-state index contributed by atoms with van der Waals surface area (Å²) in [4.78, 5) is 0. The quantitative estimate of drug-likeness (QED) is 0.417. The van der Waals surface area contributed by atoms with Crippen LogP contribution in [0.15, 0.2) is 0 Å². The predicted octanol–water partition coefficient (Wildman–Crippen LogP) is 1.12. The summed E-state index contributed by atoms with van der Waals surface area (Å²) >= 11 is 0. The molecule has 0 aromatic rings. The summed E-state index contributed by atoms with van der Waals surface area (Å²) in [5, 5.41) is 0. The van der Waals surface area contributed by atoms with Crippen LogP contribution in [0.1, 0.15) is 13.3 Å². The van der Waals surface area contributed by atoms with Gasteiger partial charge in [-0.25, -0.2) is 0 Å². The zero-order valence-electron chi connectivity index (χ0n) is 7.68. The van der Waals surface area contributed by atoms with Gasteiger partial charge in [-0.3, -0.25) is 0 Å². The molecule has 0 aliphatic carbocycles. The lowest BCUT2D eigenvalue weighted by atomic mass is 10.4. The Morgan fingerprint density at radius 2 is 1.80 bits per heavy atom. The molecule has 0 aliphatic rings. The molecule has 0 saturated heterocycles. The van der Waals surface area contributed by atoms with Crippen molar-refractivity contribution >= 4 is 0 Å². The van der Waals surface area contributed by atoms with Gasteiger partial charge < -0.3 is 9.22 Å². The molecule has 0 rings (SSSR count). The molecule has 0 unspecified atom stereocenters. The largest absolute Gasteiger partial charge is 0.382 e. The highest BCUT2D eigenvalue weighted by Crippen LogP contribution is 1.93. The fraction of sp³-hybridized carbons (Fsp3) is 1.00. The Kier molecular flexibility index (Phi) is 4.65. The minimum Gasteiger partial charge on any atom is -0.382 e. The van der Waals surface area contributed by atoms with Crippen molar-refractivity contribution in [1.29, 1.82) is 0 Å². The first-order valence-electron chi connectivity index (χ1n) is 3.94. The van der Waals surface area contributed by atoms with Crippen molar-refractivity contribution in [3.05, 3.63) is 0 Å². The molecule has 0 fully saturated rings. The molecule has 62 valence electrons. The molecule has 0 aromatic carbocycles. The molecule has 0 heterocycles. The summed E-state index contributed by atoms with van der Waals surface area (Å²) in [7, 11) is 6.60. The molecule has 0 radical (unpaired) electrons. The van der Waals surface area contributed by atoms with Gasteiger partial charge in [0.15, 0.2) is 0 Å². The lowest BCUT2D eigenvalue weighted by Gasteiger charge is -2.23. The van der Waals surface area contributed by atoms with Crippen LogP contribution in [0.3, 0.4) is 0 Å². The molecule has 0 aromatic heterocycles. The first kappa shape index (κ1) is 9.92. The number of hydrogen-bond acceptors (Lipinski definition) is 1. The lowest BCUT2D eigenvalue weighted by Crippen LogP contribution is -2.35. The van der Waals surface area contributed by atoms with Gasteiger partial charge in [-0.15, -0.1) is 0 Å². The monoisotopic (exact) mass is 146 g/mol. The Balaban J connectivity index is 3.04. The average molecular weight is 146 g/mol. The van der Waals surface area contributed by atoms with Crippen LogP contribution in [0, 0.1) is 0 Å². The number of quaternary nitrogens is 1. The molecule has 2 nitrogen and oxygen atoms in total. The van der Waals surface area contributed by atoms with E-state index in [1.165, 1.54) is 6.54 Å². The summed E-state index contributed by atoms with van der Waals surface area (Å²) < 4.78 is 6.25. The van der Waals surface area contributed by atoms with E-state index in [2.05, 4.69) is 21.1 Å². The first-order valence-corrected chi connectivity index (χ1v) is 3.94. The SMILES string of the molecule is CCOCCC[N+](C)(C)C. The molecule has 0 aliphatic heterocycles. The van der Waals surface area contributed by atoms with E-state index in [4.69, 9.17) is 4.74 Å². The Morgan fingerprint density at radius 3 is 2.20 bits per heavy atom. The van der Waals surface area contributed by atoms with Gasteiger partial charge in [0.25, 0.3) is 0 Å². The molecule has 2 heteroatoms. The minimum absolute atomic E-state index is 0.844. The molecule has 0 amide bonds. The molecular weight excluding hydrogens is 126 g/mol. The standard InChI is InChI=1S/C8H20NO/c1-5-10-8-6-7-9(2,3)4/h5-8H2,1-4H3/q+1. The highest BCUT2D eigenvalue weighted by molar-refractivity contribution is 4.32. The maximum Gasteiger partial charge on any atom is 0.0802 e. The van der Waals surface area contributed by atoms with Crippen LogP contribution in [-0.2, 0) is 4.74 Å². The van der Waals surface area contributed by atoms with E-state index in [9.17, 15) is 0 Å². The Hall–Kier alpha value is -0.0800. The number of ether oxygens (including phenoxy) is 1. The zero-order valence-corrected chi connectivity index (χ0v) is 7.68. The molecule has 0 atom stereocenters. The Labute approximate surface area is 64.4 Å². The van der Waals surface area contributed by atoms with Gasteiger partial charge in [-0.1, -0.05) is 0 Å². The minimum atomic E-state index is 0.844. The summed E-state index contributed by atoms with van der Waals surface area (Å²) in [5.41, 5.74) is 0. The second-order valence-electron chi connectivity index (χ2n) is 3.56. The van der Waals surface area contributed by atoms with E-state index < -0.39 is 0 Å². The summed E-state index contributed by atoms with van der Waals surface area (Å²) in [5.74, 6) is 0. The van der Waals surface area contributed by atoms with Crippen LogP contribution in [0.2, 0.25) is 0 Å². The summed E-state index contributed by atoms with van der Waals surface area (Å²) in [6, 6.07) is 0. The predicted molar refractivity (Wildman–Crippen MR) is 44.0 cm³/mol. The molecular formula is C8H20NO+. The van der Waals surface area contributed by atoms with Crippen LogP contribution in [0.4, 0.5) is 0 Å². The van der Waals surface area contributed by atoms with Crippen molar-refractivity contribution in [3.8, 4) is 0 Å². The van der Waals surface area contributed by atoms with Gasteiger partial charge in [-0.05, 0) is 6.92 Å². The maximum absolute atomic E-state index is 5.22. The normalized spacial score (nSPS) is 12.0. The fourth-order valence-corrected chi connectivity index (χ4v) is 0.785. The number of nitrogens with zero attached hydrogens (tertiary/aromatic N) is 1. The Bertz CT molecular complexity index is 75.8. The van der Waals surface area contributed by atoms with E-state index in [0.717, 1.165) is 24.1 Å². The highest BCUT2D eigenvalue weighted by Gasteiger charge is 2.04. The van der Waals surface area contributed by atoms with Crippen molar-refractivity contribution in [3.63, 3.8) is 0 Å². The third-order valence-corrected chi connectivity index (χ3v) is 1.32. The van der Waals surface area contributed by atoms with E-state index in [0.29, 0.717) is 0 Å². The van der Waals surface area contributed by atoms with Gasteiger partial charge in [0.05, 0.1) is 34.3 Å². The van der Waals surface area contributed by atoms with Crippen LogP contribution < -0.4 is 0 Å². The van der Waals surface area contributed by atoms with Gasteiger partial charge >= 0.3 is 0 Å². The van der Waals surface area contributed by atoms with Crippen LogP contribution in [0.25, 0.3) is 0 Å². The molecule has 0 spiro atoms. The molecule has 0 saturated carbocycles. The fourth-order valence-electron chi connectivity index (χ4n) is 0.785. The third kappa shape index (κ3) is 7.92. The lowest BCUT2D eigenvalue weighted by molar-refractivity contribution is -0.870. The Morgan fingerprint density at radius 1 is 1.20 bits per heavy atom. The van der Waals surface area contributed by atoms with Crippen molar-refractivity contribution < 1.29 is 9.22 Å². The highest BCUT2D eigenvalue weighted by atomic mass is 16.5. The smallest absolute Gasteiger partial charge is 0.0802 e. The van der Waals surface area contributed by atoms with E-state index in [-0.39, 0.29) is 0 Å². The maximum atomic E-state index is 5.22. The van der Waals surface area contributed by atoms with Gasteiger partial charge in [0.2, 0.25) is 0 Å². The molecule has 0 bridgehead atoms. The van der Waals surface area contributed by atoms with Gasteiger partial charge in [0.1, 0.15) is 0 Å². The number of hydrogen-bond donors (Lipinski definition) is 0. The van der Waals surface area contributed by atoms with Gasteiger partial charge in [0, 0.05) is 13.0 Å².